The van der Waals surface area contributed by atoms with E-state index in [9.17, 15) is 19.8 Å². The molecule has 0 unspecified atom stereocenters. The summed E-state index contributed by atoms with van der Waals surface area (Å²) in [6.07, 6.45) is -0.932. The molecule has 0 spiro atoms. The number of hydrogen-bond donors (Lipinski definition) is 4. The second-order valence-corrected chi connectivity index (χ2v) is 16.3. The lowest BCUT2D eigenvalue weighted by molar-refractivity contribution is -0.161. The number of aliphatic hydroxyl groups excluding tert-OH is 2. The second-order valence-electron chi connectivity index (χ2n) is 13.2. The first kappa shape index (κ1) is 39.4. The molecule has 4 N–H and O–H groups in total. The van der Waals surface area contributed by atoms with E-state index in [1.807, 2.05) is 44.2 Å². The van der Waals surface area contributed by atoms with E-state index < -0.39 is 41.2 Å². The second kappa shape index (κ2) is 16.9. The monoisotopic (exact) mass is 757 g/mol. The largest absolute Gasteiger partial charge is 0.497 e. The Morgan fingerprint density at radius 1 is 0.981 bits per heavy atom. The molecule has 1 saturated carbocycles. The lowest BCUT2D eigenvalue weighted by Crippen LogP contribution is -2.52. The lowest BCUT2D eigenvalue weighted by Gasteiger charge is -2.40. The number of esters is 1. The molecule has 5 atom stereocenters. The van der Waals surface area contributed by atoms with E-state index >= 15 is 0 Å². The molecule has 5 rings (SSSR count). The molecule has 0 aromatic heterocycles. The van der Waals surface area contributed by atoms with Crippen LogP contribution in [-0.2, 0) is 25.5 Å². The number of hydrogen-bond acceptors (Lipinski definition) is 13. The molecule has 3 aromatic rings. The molecule has 2 aliphatic rings. The molecule has 52 heavy (non-hydrogen) atoms. The first-order chi connectivity index (χ1) is 25.0. The molecule has 282 valence electrons. The number of carbonyl (C=O) groups excluding carboxylic acids is 2. The van der Waals surface area contributed by atoms with Crippen LogP contribution in [0.25, 0.3) is 0 Å². The summed E-state index contributed by atoms with van der Waals surface area (Å²) in [6.45, 7) is 4.97. The molecular formula is C38H47NO11S2. The Morgan fingerprint density at radius 2 is 1.71 bits per heavy atom. The van der Waals surface area contributed by atoms with Gasteiger partial charge in [0.1, 0.15) is 35.7 Å². The standard InChI is InChI=1S/C38H47NO11S2/c1-36(2,52-51-20-18-40)23-49-35(43)39-17-9-10-19-48-27-21-28(46-4)32-29(22-27)50-38(25-13-15-26(45-3)16-14-25)31(24-11-7-6-8-12-24)30(34(42)47-5)33(41)37(32,38)44/h6-8,11-16,21-22,30-31,33,40-41,44H,9-10,17-20,23H2,1-5H3,(H,39,43)/t30-,31-,33-,37+,38+/m0/s1. The Hall–Kier alpha value is -3.82. The van der Waals surface area contributed by atoms with Crippen molar-refractivity contribution in [2.45, 2.75) is 54.7 Å². The van der Waals surface area contributed by atoms with Gasteiger partial charge in [0.05, 0.1) is 50.8 Å². The van der Waals surface area contributed by atoms with Crippen LogP contribution in [0, 0.1) is 5.92 Å². The van der Waals surface area contributed by atoms with E-state index in [2.05, 4.69) is 5.32 Å². The van der Waals surface area contributed by atoms with Gasteiger partial charge in [-0.1, -0.05) is 64.1 Å². The highest BCUT2D eigenvalue weighted by Crippen LogP contribution is 2.70. The number of aliphatic hydroxyl groups is 3. The van der Waals surface area contributed by atoms with Crippen LogP contribution in [0.15, 0.2) is 66.7 Å². The van der Waals surface area contributed by atoms with E-state index in [1.165, 1.54) is 25.0 Å². The average molecular weight is 758 g/mol. The maximum atomic E-state index is 13.5. The topological polar surface area (TPSA) is 162 Å². The molecule has 1 fully saturated rings. The molecule has 3 aromatic carbocycles. The van der Waals surface area contributed by atoms with Crippen LogP contribution in [0.2, 0.25) is 0 Å². The van der Waals surface area contributed by atoms with Gasteiger partial charge in [-0.25, -0.2) is 4.79 Å². The number of methoxy groups -OCH3 is 3. The minimum Gasteiger partial charge on any atom is -0.497 e. The summed E-state index contributed by atoms with van der Waals surface area (Å²) in [5.74, 6) is -0.767. The Morgan fingerprint density at radius 3 is 2.37 bits per heavy atom. The van der Waals surface area contributed by atoms with Gasteiger partial charge in [-0.2, -0.15) is 0 Å². The SMILES string of the molecule is COC(=O)[C@@H]1[C@H](O)[C@]2(O)c3c(OC)cc(OCCCCNC(=O)OCC(C)(C)SSCCO)cc3O[C@]2(c2ccc(OC)cc2)[C@H]1c1ccccc1. The summed E-state index contributed by atoms with van der Waals surface area (Å²) in [7, 11) is 7.34. The van der Waals surface area contributed by atoms with Crippen molar-refractivity contribution in [3.05, 3.63) is 83.4 Å². The number of benzene rings is 3. The van der Waals surface area contributed by atoms with Gasteiger partial charge in [0.2, 0.25) is 0 Å². The van der Waals surface area contributed by atoms with Crippen molar-refractivity contribution < 1.29 is 53.3 Å². The molecule has 1 aliphatic carbocycles. The highest BCUT2D eigenvalue weighted by molar-refractivity contribution is 8.77. The van der Waals surface area contributed by atoms with Crippen molar-refractivity contribution in [1.29, 1.82) is 0 Å². The van der Waals surface area contributed by atoms with Gasteiger partial charge in [-0.15, -0.1) is 0 Å². The van der Waals surface area contributed by atoms with Gasteiger partial charge in [0.25, 0.3) is 0 Å². The highest BCUT2D eigenvalue weighted by atomic mass is 33.1. The number of unbranched alkanes of at least 4 members (excludes halogenated alkanes) is 1. The van der Waals surface area contributed by atoms with Crippen molar-refractivity contribution >= 4 is 33.7 Å². The number of ether oxygens (including phenoxy) is 6. The Labute approximate surface area is 311 Å². The normalized spacial score (nSPS) is 23.2. The number of alkyl carbamates (subject to hydrolysis) is 1. The molecule has 14 heteroatoms. The predicted octanol–water partition coefficient (Wildman–Crippen LogP) is 5.16. The summed E-state index contributed by atoms with van der Waals surface area (Å²) in [6, 6.07) is 19.4. The van der Waals surface area contributed by atoms with Gasteiger partial charge in [-0.05, 0) is 49.9 Å². The van der Waals surface area contributed by atoms with Crippen LogP contribution in [0.1, 0.15) is 49.3 Å². The van der Waals surface area contributed by atoms with Gasteiger partial charge >= 0.3 is 12.1 Å². The van der Waals surface area contributed by atoms with Crippen LogP contribution in [0.3, 0.4) is 0 Å². The van der Waals surface area contributed by atoms with Gasteiger partial charge < -0.3 is 49.1 Å². The molecular weight excluding hydrogens is 711 g/mol. The molecule has 0 radical (unpaired) electrons. The average Bonchev–Trinajstić information content (AvgIpc) is 3.53. The molecule has 0 saturated heterocycles. The summed E-state index contributed by atoms with van der Waals surface area (Å²) in [4.78, 5) is 25.7. The zero-order valence-corrected chi connectivity index (χ0v) is 31.6. The van der Waals surface area contributed by atoms with Crippen molar-refractivity contribution in [1.82, 2.24) is 5.32 Å². The number of carbonyl (C=O) groups is 2. The van der Waals surface area contributed by atoms with E-state index in [4.69, 9.17) is 33.5 Å². The molecule has 12 nitrogen and oxygen atoms in total. The van der Waals surface area contributed by atoms with Crippen molar-refractivity contribution in [2.75, 3.05) is 53.4 Å². The van der Waals surface area contributed by atoms with Crippen molar-refractivity contribution in [2.24, 2.45) is 5.92 Å². The van der Waals surface area contributed by atoms with E-state index in [0.717, 1.165) is 0 Å². The molecule has 1 heterocycles. The zero-order valence-electron chi connectivity index (χ0n) is 30.0. The molecule has 0 bridgehead atoms. The summed E-state index contributed by atoms with van der Waals surface area (Å²) >= 11 is 0. The Kier molecular flexibility index (Phi) is 12.8. The van der Waals surface area contributed by atoms with Crippen LogP contribution < -0.4 is 24.3 Å². The summed E-state index contributed by atoms with van der Waals surface area (Å²) < 4.78 is 34.5. The molecule has 1 aliphatic heterocycles. The third-order valence-electron chi connectivity index (χ3n) is 9.31. The first-order valence-corrected chi connectivity index (χ1v) is 19.3. The number of nitrogens with one attached hydrogen (secondary N) is 1. The molecule has 1 amide bonds. The van der Waals surface area contributed by atoms with E-state index in [1.54, 1.807) is 54.3 Å². The van der Waals surface area contributed by atoms with Crippen LogP contribution in [0.5, 0.6) is 23.0 Å². The third-order valence-corrected chi connectivity index (χ3v) is 12.6. The van der Waals surface area contributed by atoms with Gasteiger partial charge in [0, 0.05) is 30.3 Å². The highest BCUT2D eigenvalue weighted by Gasteiger charge is 2.78. The number of rotatable bonds is 17. The fraction of sp³-hybridized carbons (Fsp3) is 0.474. The summed E-state index contributed by atoms with van der Waals surface area (Å²) in [5.41, 5.74) is -2.53. The maximum Gasteiger partial charge on any atom is 0.407 e. The minimum absolute atomic E-state index is 0.0966. The summed E-state index contributed by atoms with van der Waals surface area (Å²) in [5, 5.41) is 36.8. The quantitative estimate of drug-likeness (QED) is 0.0813. The zero-order chi connectivity index (χ0) is 37.5. The fourth-order valence-corrected chi connectivity index (χ4v) is 9.19. The Bertz CT molecular complexity index is 1680. The van der Waals surface area contributed by atoms with E-state index in [-0.39, 0.29) is 35.0 Å². The smallest absolute Gasteiger partial charge is 0.407 e. The lowest BCUT2D eigenvalue weighted by atomic mass is 9.70. The van der Waals surface area contributed by atoms with Crippen LogP contribution >= 0.6 is 21.6 Å². The van der Waals surface area contributed by atoms with Crippen LogP contribution in [-0.4, -0.2) is 91.7 Å². The van der Waals surface area contributed by atoms with Crippen LogP contribution in [0.4, 0.5) is 4.79 Å². The number of fused-ring (bicyclic) bond motifs is 3. The minimum atomic E-state index is -2.17. The third kappa shape index (κ3) is 7.63. The first-order valence-electron chi connectivity index (χ1n) is 17.0. The fourth-order valence-electron chi connectivity index (χ4n) is 7.03. The predicted molar refractivity (Wildman–Crippen MR) is 198 cm³/mol. The maximum absolute atomic E-state index is 13.5. The van der Waals surface area contributed by atoms with Gasteiger partial charge in [0.15, 0.2) is 11.2 Å². The van der Waals surface area contributed by atoms with E-state index in [0.29, 0.717) is 54.4 Å². The number of amides is 1. The van der Waals surface area contributed by atoms with Gasteiger partial charge in [-0.3, -0.25) is 4.79 Å². The van der Waals surface area contributed by atoms with Crippen molar-refractivity contribution in [3.63, 3.8) is 0 Å². The Balaban J connectivity index is 1.36. The van der Waals surface area contributed by atoms with Crippen molar-refractivity contribution in [3.8, 4) is 23.0 Å².